The zero-order chi connectivity index (χ0) is 21.3. The van der Waals surface area contributed by atoms with Gasteiger partial charge in [0.15, 0.2) is 0 Å². The number of fused-ring (bicyclic) bond motifs is 1. The van der Waals surface area contributed by atoms with E-state index in [9.17, 15) is 8.42 Å². The van der Waals surface area contributed by atoms with Crippen LogP contribution in [0.4, 0.5) is 0 Å². The first-order valence-corrected chi connectivity index (χ1v) is 13.2. The lowest BCUT2D eigenvalue weighted by Crippen LogP contribution is -2.41. The molecule has 2 aromatic rings. The van der Waals surface area contributed by atoms with Gasteiger partial charge in [0, 0.05) is 12.5 Å². The van der Waals surface area contributed by atoms with Gasteiger partial charge in [0.05, 0.1) is 30.2 Å². The zero-order valence-electron chi connectivity index (χ0n) is 17.7. The minimum absolute atomic E-state index is 0.0653. The Kier molecular flexibility index (Phi) is 6.44. The number of methoxy groups -OCH3 is 1. The second-order valence-corrected chi connectivity index (χ2v) is 10.8. The minimum atomic E-state index is -3.68. The molecule has 2 aliphatic rings. The van der Waals surface area contributed by atoms with Gasteiger partial charge in [-0.2, -0.15) is 16.1 Å². The minimum Gasteiger partial charge on any atom is -0.497 e. The Hall–Kier alpha value is -1.54. The van der Waals surface area contributed by atoms with Gasteiger partial charge in [-0.05, 0) is 61.6 Å². The normalized spacial score (nSPS) is 26.6. The van der Waals surface area contributed by atoms with Crippen LogP contribution in [0.15, 0.2) is 53.4 Å². The number of hydrogen-bond acceptors (Lipinski definition) is 5. The van der Waals surface area contributed by atoms with Gasteiger partial charge in [0.2, 0.25) is 10.0 Å². The number of thioether (sulfide) groups is 1. The SMILES string of the molecule is COc1ccc([C@@H]2[C@@H]3CCO[C@@H]3[C@H](CCSC)N2S(=O)(=O)c2ccc(C)cc2)cc1. The van der Waals surface area contributed by atoms with E-state index in [2.05, 4.69) is 6.26 Å². The van der Waals surface area contributed by atoms with Crippen molar-refractivity contribution < 1.29 is 17.9 Å². The number of nitrogens with zero attached hydrogens (tertiary/aromatic N) is 1. The number of aryl methyl sites for hydroxylation is 1. The third-order valence-corrected chi connectivity index (χ3v) is 8.81. The molecule has 7 heteroatoms. The van der Waals surface area contributed by atoms with Crippen molar-refractivity contribution in [2.75, 3.05) is 25.7 Å². The monoisotopic (exact) mass is 447 g/mol. The van der Waals surface area contributed by atoms with Gasteiger partial charge < -0.3 is 9.47 Å². The highest BCUT2D eigenvalue weighted by Gasteiger charge is 2.56. The van der Waals surface area contributed by atoms with Crippen molar-refractivity contribution in [1.82, 2.24) is 4.31 Å². The Morgan fingerprint density at radius 2 is 1.83 bits per heavy atom. The van der Waals surface area contributed by atoms with Gasteiger partial charge in [0.25, 0.3) is 0 Å². The highest BCUT2D eigenvalue weighted by Crippen LogP contribution is 2.50. The molecule has 162 valence electrons. The Labute approximate surface area is 183 Å². The van der Waals surface area contributed by atoms with E-state index >= 15 is 0 Å². The Bertz CT molecular complexity index is 960. The van der Waals surface area contributed by atoms with E-state index in [1.165, 1.54) is 0 Å². The molecule has 0 saturated carbocycles. The maximum absolute atomic E-state index is 13.9. The molecule has 0 amide bonds. The van der Waals surface area contributed by atoms with Crippen molar-refractivity contribution in [2.45, 2.75) is 42.8 Å². The molecule has 5 nitrogen and oxygen atoms in total. The molecule has 0 aliphatic carbocycles. The van der Waals surface area contributed by atoms with Crippen LogP contribution in [0.1, 0.15) is 30.0 Å². The van der Waals surface area contributed by atoms with E-state index in [1.807, 2.05) is 43.3 Å². The second-order valence-electron chi connectivity index (χ2n) is 8.00. The molecule has 0 unspecified atom stereocenters. The topological polar surface area (TPSA) is 55.8 Å². The van der Waals surface area contributed by atoms with Crippen molar-refractivity contribution in [3.8, 4) is 5.75 Å². The predicted molar refractivity (Wildman–Crippen MR) is 121 cm³/mol. The second kappa shape index (κ2) is 8.91. The van der Waals surface area contributed by atoms with E-state index in [1.54, 1.807) is 35.3 Å². The number of sulfonamides is 1. The number of hydrogen-bond donors (Lipinski definition) is 0. The van der Waals surface area contributed by atoms with Crippen LogP contribution in [0, 0.1) is 12.8 Å². The zero-order valence-corrected chi connectivity index (χ0v) is 19.3. The van der Waals surface area contributed by atoms with Gasteiger partial charge in [-0.1, -0.05) is 29.8 Å². The van der Waals surface area contributed by atoms with E-state index in [-0.39, 0.29) is 24.1 Å². The molecule has 2 saturated heterocycles. The van der Waals surface area contributed by atoms with Crippen LogP contribution in [-0.4, -0.2) is 50.6 Å². The maximum Gasteiger partial charge on any atom is 0.243 e. The van der Waals surface area contributed by atoms with Crippen LogP contribution in [0.5, 0.6) is 5.75 Å². The first-order valence-electron chi connectivity index (χ1n) is 10.3. The van der Waals surface area contributed by atoms with E-state index in [0.29, 0.717) is 11.5 Å². The fourth-order valence-electron chi connectivity index (χ4n) is 4.79. The largest absolute Gasteiger partial charge is 0.497 e. The van der Waals surface area contributed by atoms with E-state index in [4.69, 9.17) is 9.47 Å². The van der Waals surface area contributed by atoms with Gasteiger partial charge in [-0.3, -0.25) is 0 Å². The van der Waals surface area contributed by atoms with E-state index in [0.717, 1.165) is 35.5 Å². The lowest BCUT2D eigenvalue weighted by Gasteiger charge is -2.32. The predicted octanol–water partition coefficient (Wildman–Crippen LogP) is 4.28. The summed E-state index contributed by atoms with van der Waals surface area (Å²) in [6.07, 6.45) is 3.64. The summed E-state index contributed by atoms with van der Waals surface area (Å²) in [6.45, 7) is 2.65. The quantitative estimate of drug-likeness (QED) is 0.634. The summed E-state index contributed by atoms with van der Waals surface area (Å²) in [5.74, 6) is 1.82. The van der Waals surface area contributed by atoms with Crippen LogP contribution in [0.3, 0.4) is 0 Å². The summed E-state index contributed by atoms with van der Waals surface area (Å²) in [5, 5.41) is 0. The molecular formula is C23H29NO4S2. The highest BCUT2D eigenvalue weighted by atomic mass is 32.2. The highest BCUT2D eigenvalue weighted by molar-refractivity contribution is 7.98. The van der Waals surface area contributed by atoms with Crippen LogP contribution in [-0.2, 0) is 14.8 Å². The van der Waals surface area contributed by atoms with Crippen molar-refractivity contribution >= 4 is 21.8 Å². The smallest absolute Gasteiger partial charge is 0.243 e. The van der Waals surface area contributed by atoms with Gasteiger partial charge in [-0.15, -0.1) is 0 Å². The Morgan fingerprint density at radius 1 is 1.13 bits per heavy atom. The molecular weight excluding hydrogens is 418 g/mol. The average Bonchev–Trinajstić information content (AvgIpc) is 3.34. The molecule has 2 aromatic carbocycles. The molecule has 4 rings (SSSR count). The average molecular weight is 448 g/mol. The Morgan fingerprint density at radius 3 is 2.47 bits per heavy atom. The summed E-state index contributed by atoms with van der Waals surface area (Å²) in [5.41, 5.74) is 2.04. The summed E-state index contributed by atoms with van der Waals surface area (Å²) < 4.78 is 41.0. The van der Waals surface area contributed by atoms with Crippen molar-refractivity contribution in [3.63, 3.8) is 0 Å². The molecule has 0 spiro atoms. The molecule has 0 radical (unpaired) electrons. The fourth-order valence-corrected chi connectivity index (χ4v) is 7.15. The Balaban J connectivity index is 1.81. The summed E-state index contributed by atoms with van der Waals surface area (Å²) in [6, 6.07) is 14.6. The van der Waals surface area contributed by atoms with Crippen molar-refractivity contribution in [1.29, 1.82) is 0 Å². The maximum atomic E-state index is 13.9. The van der Waals surface area contributed by atoms with Gasteiger partial charge in [0.1, 0.15) is 5.75 Å². The lowest BCUT2D eigenvalue weighted by molar-refractivity contribution is 0.0732. The molecule has 30 heavy (non-hydrogen) atoms. The van der Waals surface area contributed by atoms with Gasteiger partial charge in [-0.25, -0.2) is 8.42 Å². The lowest BCUT2D eigenvalue weighted by atomic mass is 9.90. The molecule has 0 N–H and O–H groups in total. The third-order valence-electron chi connectivity index (χ3n) is 6.24. The molecule has 4 atom stereocenters. The van der Waals surface area contributed by atoms with Crippen LogP contribution in [0.25, 0.3) is 0 Å². The molecule has 2 fully saturated rings. The van der Waals surface area contributed by atoms with Crippen LogP contribution < -0.4 is 4.74 Å². The molecule has 0 aromatic heterocycles. The molecule has 2 heterocycles. The number of benzene rings is 2. The first kappa shape index (κ1) is 21.7. The standard InChI is InChI=1S/C23H29NO4S2/c1-16-4-10-19(11-5-16)30(25,26)24-21(13-15-29-3)23-20(12-14-28-23)22(24)17-6-8-18(27-2)9-7-17/h4-11,20-23H,12-15H2,1-3H3/t20-,21-,22+,23-/m0/s1. The first-order chi connectivity index (χ1) is 14.5. The summed E-state index contributed by atoms with van der Waals surface area (Å²) in [4.78, 5) is 0.348. The summed E-state index contributed by atoms with van der Waals surface area (Å²) in [7, 11) is -2.04. The fraction of sp³-hybridized carbons (Fsp3) is 0.478. The summed E-state index contributed by atoms with van der Waals surface area (Å²) >= 11 is 1.74. The van der Waals surface area contributed by atoms with Gasteiger partial charge >= 0.3 is 0 Å². The molecule has 2 aliphatic heterocycles. The molecule has 0 bridgehead atoms. The number of rotatable bonds is 7. The van der Waals surface area contributed by atoms with Crippen molar-refractivity contribution in [2.24, 2.45) is 5.92 Å². The van der Waals surface area contributed by atoms with Crippen LogP contribution in [0.2, 0.25) is 0 Å². The number of ether oxygens (including phenoxy) is 2. The van der Waals surface area contributed by atoms with Crippen LogP contribution >= 0.6 is 11.8 Å². The van der Waals surface area contributed by atoms with Crippen molar-refractivity contribution in [3.05, 3.63) is 59.7 Å². The van der Waals surface area contributed by atoms with E-state index < -0.39 is 10.0 Å². The third kappa shape index (κ3) is 3.88.